The number of ether oxygens (including phenoxy) is 1. The summed E-state index contributed by atoms with van der Waals surface area (Å²) < 4.78 is 5.74. The Labute approximate surface area is 127 Å². The number of hydrogen-bond acceptors (Lipinski definition) is 3. The van der Waals surface area contributed by atoms with E-state index in [-0.39, 0.29) is 0 Å². The Morgan fingerprint density at radius 3 is 2.33 bits per heavy atom. The van der Waals surface area contributed by atoms with Crippen molar-refractivity contribution in [1.82, 2.24) is 5.32 Å². The second-order valence-corrected chi connectivity index (χ2v) is 5.47. The molecule has 118 valence electrons. The lowest BCUT2D eigenvalue weighted by Gasteiger charge is -2.19. The Hall–Kier alpha value is -1.55. The molecule has 1 rings (SSSR count). The van der Waals surface area contributed by atoms with Gasteiger partial charge in [-0.15, -0.1) is 0 Å². The van der Waals surface area contributed by atoms with Gasteiger partial charge in [-0.3, -0.25) is 0 Å². The molecule has 1 aromatic rings. The maximum absolute atomic E-state index is 11.2. The van der Waals surface area contributed by atoms with E-state index in [1.165, 1.54) is 5.56 Å². The fourth-order valence-electron chi connectivity index (χ4n) is 2.37. The SMILES string of the molecule is CCCNCc1cc(C)c(OC(CCC)C(=O)O)c(C)c1. The molecule has 21 heavy (non-hydrogen) atoms. The van der Waals surface area contributed by atoms with Crippen LogP contribution >= 0.6 is 0 Å². The van der Waals surface area contributed by atoms with Crippen molar-refractivity contribution in [1.29, 1.82) is 0 Å². The average molecular weight is 293 g/mol. The minimum absolute atomic E-state index is 0.522. The quantitative estimate of drug-likeness (QED) is 0.685. The summed E-state index contributed by atoms with van der Waals surface area (Å²) in [7, 11) is 0. The molecule has 0 saturated heterocycles. The minimum Gasteiger partial charge on any atom is -0.479 e. The van der Waals surface area contributed by atoms with Crippen molar-refractivity contribution in [3.05, 3.63) is 28.8 Å². The zero-order valence-corrected chi connectivity index (χ0v) is 13.5. The van der Waals surface area contributed by atoms with Crippen LogP contribution in [0.1, 0.15) is 49.8 Å². The van der Waals surface area contributed by atoms with Crippen LogP contribution in [0, 0.1) is 13.8 Å². The first-order valence-corrected chi connectivity index (χ1v) is 7.69. The van der Waals surface area contributed by atoms with E-state index in [0.717, 1.165) is 37.1 Å². The Bertz CT molecular complexity index is 448. The summed E-state index contributed by atoms with van der Waals surface area (Å²) in [6.07, 6.45) is 1.65. The molecule has 1 aromatic carbocycles. The van der Waals surface area contributed by atoms with Crippen molar-refractivity contribution < 1.29 is 14.6 Å². The molecular weight excluding hydrogens is 266 g/mol. The van der Waals surface area contributed by atoms with Crippen LogP contribution in [0.3, 0.4) is 0 Å². The fourth-order valence-corrected chi connectivity index (χ4v) is 2.37. The van der Waals surface area contributed by atoms with E-state index in [2.05, 4.69) is 24.4 Å². The van der Waals surface area contributed by atoms with Crippen molar-refractivity contribution in [2.45, 2.75) is 59.6 Å². The number of carbonyl (C=O) groups is 1. The van der Waals surface area contributed by atoms with Crippen molar-refractivity contribution >= 4 is 5.97 Å². The number of hydrogen-bond donors (Lipinski definition) is 2. The number of benzene rings is 1. The summed E-state index contributed by atoms with van der Waals surface area (Å²) in [6.45, 7) is 9.86. The van der Waals surface area contributed by atoms with Gasteiger partial charge in [0.25, 0.3) is 0 Å². The summed E-state index contributed by atoms with van der Waals surface area (Å²) in [5, 5.41) is 12.6. The first kappa shape index (κ1) is 17.5. The molecule has 1 unspecified atom stereocenters. The first-order chi connectivity index (χ1) is 9.99. The van der Waals surface area contributed by atoms with E-state index >= 15 is 0 Å². The Morgan fingerprint density at radius 2 is 1.86 bits per heavy atom. The largest absolute Gasteiger partial charge is 0.479 e. The molecule has 4 heteroatoms. The van der Waals surface area contributed by atoms with Gasteiger partial charge in [0.2, 0.25) is 0 Å². The van der Waals surface area contributed by atoms with Crippen LogP contribution < -0.4 is 10.1 Å². The average Bonchev–Trinajstić information content (AvgIpc) is 2.41. The highest BCUT2D eigenvalue weighted by molar-refractivity contribution is 5.72. The summed E-state index contributed by atoms with van der Waals surface area (Å²) in [6, 6.07) is 4.13. The maximum Gasteiger partial charge on any atom is 0.344 e. The molecule has 1 atom stereocenters. The van der Waals surface area contributed by atoms with Crippen LogP contribution in [0.2, 0.25) is 0 Å². The number of aryl methyl sites for hydroxylation is 2. The van der Waals surface area contributed by atoms with Gasteiger partial charge >= 0.3 is 5.97 Å². The number of carboxylic acid groups (broad SMARTS) is 1. The molecule has 0 aromatic heterocycles. The predicted molar refractivity (Wildman–Crippen MR) is 84.9 cm³/mol. The summed E-state index contributed by atoms with van der Waals surface area (Å²) >= 11 is 0. The molecule has 2 N–H and O–H groups in total. The van der Waals surface area contributed by atoms with Crippen molar-refractivity contribution in [3.8, 4) is 5.75 Å². The van der Waals surface area contributed by atoms with E-state index < -0.39 is 12.1 Å². The van der Waals surface area contributed by atoms with Crippen LogP contribution in [0.15, 0.2) is 12.1 Å². The highest BCUT2D eigenvalue weighted by atomic mass is 16.5. The third-order valence-corrected chi connectivity index (χ3v) is 3.36. The fraction of sp³-hybridized carbons (Fsp3) is 0.588. The summed E-state index contributed by atoms with van der Waals surface area (Å²) in [5.41, 5.74) is 3.18. The number of carboxylic acids is 1. The lowest BCUT2D eigenvalue weighted by Crippen LogP contribution is -2.27. The van der Waals surface area contributed by atoms with Gasteiger partial charge in [-0.25, -0.2) is 4.79 Å². The second-order valence-electron chi connectivity index (χ2n) is 5.47. The van der Waals surface area contributed by atoms with Crippen LogP contribution in [-0.4, -0.2) is 23.7 Å². The Morgan fingerprint density at radius 1 is 1.24 bits per heavy atom. The summed E-state index contributed by atoms with van der Waals surface area (Å²) in [5.74, 6) is -0.195. The Kier molecular flexibility index (Phi) is 7.23. The lowest BCUT2D eigenvalue weighted by atomic mass is 10.1. The van der Waals surface area contributed by atoms with Gasteiger partial charge < -0.3 is 15.2 Å². The van der Waals surface area contributed by atoms with Gasteiger partial charge in [-0.2, -0.15) is 0 Å². The highest BCUT2D eigenvalue weighted by Gasteiger charge is 2.20. The zero-order chi connectivity index (χ0) is 15.8. The number of aliphatic carboxylic acids is 1. The molecule has 0 aliphatic carbocycles. The molecule has 0 radical (unpaired) electrons. The van der Waals surface area contributed by atoms with Gasteiger partial charge in [0, 0.05) is 6.54 Å². The normalized spacial score (nSPS) is 12.2. The van der Waals surface area contributed by atoms with E-state index in [1.807, 2.05) is 20.8 Å². The van der Waals surface area contributed by atoms with Gasteiger partial charge in [0.05, 0.1) is 0 Å². The molecule has 0 bridgehead atoms. The molecule has 0 heterocycles. The van der Waals surface area contributed by atoms with Crippen LogP contribution in [0.4, 0.5) is 0 Å². The monoisotopic (exact) mass is 293 g/mol. The van der Waals surface area contributed by atoms with Crippen LogP contribution in [-0.2, 0) is 11.3 Å². The van der Waals surface area contributed by atoms with Gasteiger partial charge in [-0.05, 0) is 49.9 Å². The van der Waals surface area contributed by atoms with E-state index in [9.17, 15) is 9.90 Å². The van der Waals surface area contributed by atoms with Gasteiger partial charge in [0.15, 0.2) is 6.10 Å². The standard InChI is InChI=1S/C17H27NO3/c1-5-7-15(17(19)20)21-16-12(3)9-14(10-13(16)4)11-18-8-6-2/h9-10,15,18H,5-8,11H2,1-4H3,(H,19,20). The van der Waals surface area contributed by atoms with Gasteiger partial charge in [0.1, 0.15) is 5.75 Å². The second kappa shape index (κ2) is 8.67. The van der Waals surface area contributed by atoms with Crippen molar-refractivity contribution in [2.24, 2.45) is 0 Å². The first-order valence-electron chi connectivity index (χ1n) is 7.69. The van der Waals surface area contributed by atoms with E-state index in [4.69, 9.17) is 4.74 Å². The van der Waals surface area contributed by atoms with Crippen molar-refractivity contribution in [2.75, 3.05) is 6.54 Å². The molecule has 0 fully saturated rings. The minimum atomic E-state index is -0.899. The highest BCUT2D eigenvalue weighted by Crippen LogP contribution is 2.26. The topological polar surface area (TPSA) is 58.6 Å². The molecule has 0 aliphatic rings. The van der Waals surface area contributed by atoms with Crippen LogP contribution in [0.25, 0.3) is 0 Å². The van der Waals surface area contributed by atoms with Crippen molar-refractivity contribution in [3.63, 3.8) is 0 Å². The summed E-state index contributed by atoms with van der Waals surface area (Å²) in [4.78, 5) is 11.2. The molecule has 0 spiro atoms. The van der Waals surface area contributed by atoms with E-state index in [1.54, 1.807) is 0 Å². The zero-order valence-electron chi connectivity index (χ0n) is 13.5. The molecule has 0 saturated carbocycles. The molecule has 4 nitrogen and oxygen atoms in total. The number of rotatable bonds is 9. The molecule has 0 amide bonds. The Balaban J connectivity index is 2.85. The van der Waals surface area contributed by atoms with Gasteiger partial charge in [-0.1, -0.05) is 32.4 Å². The van der Waals surface area contributed by atoms with Crippen LogP contribution in [0.5, 0.6) is 5.75 Å². The smallest absolute Gasteiger partial charge is 0.344 e. The lowest BCUT2D eigenvalue weighted by molar-refractivity contribution is -0.145. The molecule has 0 aliphatic heterocycles. The molecular formula is C17H27NO3. The number of nitrogens with one attached hydrogen (secondary N) is 1. The predicted octanol–water partition coefficient (Wildman–Crippen LogP) is 3.44. The third-order valence-electron chi connectivity index (χ3n) is 3.36. The maximum atomic E-state index is 11.2. The third kappa shape index (κ3) is 5.38. The van der Waals surface area contributed by atoms with E-state index in [0.29, 0.717) is 12.2 Å².